The van der Waals surface area contributed by atoms with Gasteiger partial charge in [0.1, 0.15) is 5.82 Å². The summed E-state index contributed by atoms with van der Waals surface area (Å²) in [6, 6.07) is 6.79. The van der Waals surface area contributed by atoms with Crippen LogP contribution >= 0.6 is 0 Å². The van der Waals surface area contributed by atoms with E-state index in [2.05, 4.69) is 0 Å². The molecule has 0 fully saturated rings. The Morgan fingerprint density at radius 3 is 2.38 bits per heavy atom. The Balaban J connectivity index is 2.31. The molecule has 1 heterocycles. The molecule has 136 valence electrons. The third-order valence-electron chi connectivity index (χ3n) is 4.12. The van der Waals surface area contributed by atoms with Crippen LogP contribution < -0.4 is 17.0 Å². The van der Waals surface area contributed by atoms with Gasteiger partial charge in [-0.2, -0.15) is 13.2 Å². The molecule has 0 saturated carbocycles. The van der Waals surface area contributed by atoms with Crippen LogP contribution in [0.2, 0.25) is 0 Å². The van der Waals surface area contributed by atoms with Crippen molar-refractivity contribution in [3.8, 4) is 0 Å². The fraction of sp³-hybridized carbons (Fsp3) is 0.176. The van der Waals surface area contributed by atoms with Crippen molar-refractivity contribution in [2.45, 2.75) is 12.7 Å². The number of fused-ring (bicyclic) bond motifs is 1. The van der Waals surface area contributed by atoms with E-state index in [-0.39, 0.29) is 22.2 Å². The fourth-order valence-corrected chi connectivity index (χ4v) is 2.88. The number of nitrogen functional groups attached to an aromatic ring is 1. The van der Waals surface area contributed by atoms with E-state index in [1.54, 1.807) is 0 Å². The van der Waals surface area contributed by atoms with E-state index >= 15 is 0 Å². The molecule has 0 radical (unpaired) electrons. The quantitative estimate of drug-likeness (QED) is 0.559. The van der Waals surface area contributed by atoms with Crippen molar-refractivity contribution in [2.75, 3.05) is 5.73 Å². The minimum atomic E-state index is -4.65. The Morgan fingerprint density at radius 1 is 1.08 bits per heavy atom. The number of rotatable bonds is 2. The summed E-state index contributed by atoms with van der Waals surface area (Å²) in [5.74, 6) is -0.825. The van der Waals surface area contributed by atoms with Crippen molar-refractivity contribution in [1.82, 2.24) is 9.13 Å². The second-order valence-corrected chi connectivity index (χ2v) is 5.75. The maximum atomic E-state index is 14.1. The third-order valence-corrected chi connectivity index (χ3v) is 4.12. The first-order valence-electron chi connectivity index (χ1n) is 7.45. The van der Waals surface area contributed by atoms with Gasteiger partial charge in [-0.25, -0.2) is 9.18 Å². The molecule has 0 saturated heterocycles. The van der Waals surface area contributed by atoms with Crippen molar-refractivity contribution in [2.24, 2.45) is 7.05 Å². The van der Waals surface area contributed by atoms with E-state index in [1.807, 2.05) is 0 Å². The highest BCUT2D eigenvalue weighted by Crippen LogP contribution is 2.32. The highest BCUT2D eigenvalue weighted by molar-refractivity contribution is 5.90. The van der Waals surface area contributed by atoms with E-state index in [0.29, 0.717) is 4.57 Å². The first kappa shape index (κ1) is 17.7. The molecule has 0 spiro atoms. The highest BCUT2D eigenvalue weighted by atomic mass is 19.4. The Morgan fingerprint density at radius 2 is 1.73 bits per heavy atom. The fourth-order valence-electron chi connectivity index (χ4n) is 2.88. The Kier molecular flexibility index (Phi) is 4.09. The van der Waals surface area contributed by atoms with Gasteiger partial charge in [0.05, 0.1) is 23.0 Å². The van der Waals surface area contributed by atoms with Crippen LogP contribution in [0, 0.1) is 5.82 Å². The molecule has 2 aromatic carbocycles. The molecule has 0 atom stereocenters. The number of anilines is 1. The average molecular weight is 367 g/mol. The minimum Gasteiger partial charge on any atom is -0.398 e. The first-order valence-corrected chi connectivity index (χ1v) is 7.45. The van der Waals surface area contributed by atoms with Crippen LogP contribution in [0.15, 0.2) is 46.0 Å². The smallest absolute Gasteiger partial charge is 0.398 e. The van der Waals surface area contributed by atoms with Gasteiger partial charge in [0, 0.05) is 12.7 Å². The summed E-state index contributed by atoms with van der Waals surface area (Å²) in [6.45, 7) is -0.618. The Labute approximate surface area is 143 Å². The van der Waals surface area contributed by atoms with Gasteiger partial charge in [-0.1, -0.05) is 18.2 Å². The molecule has 0 aliphatic rings. The number of benzene rings is 2. The highest BCUT2D eigenvalue weighted by Gasteiger charge is 2.33. The minimum absolute atomic E-state index is 0.0696. The van der Waals surface area contributed by atoms with E-state index < -0.39 is 35.4 Å². The van der Waals surface area contributed by atoms with Crippen LogP contribution in [0.25, 0.3) is 10.9 Å². The van der Waals surface area contributed by atoms with Crippen LogP contribution in [0.3, 0.4) is 0 Å². The van der Waals surface area contributed by atoms with Crippen molar-refractivity contribution < 1.29 is 17.6 Å². The van der Waals surface area contributed by atoms with E-state index in [4.69, 9.17) is 5.73 Å². The number of hydrogen-bond donors (Lipinski definition) is 1. The maximum absolute atomic E-state index is 14.1. The van der Waals surface area contributed by atoms with Crippen molar-refractivity contribution in [1.29, 1.82) is 0 Å². The summed E-state index contributed by atoms with van der Waals surface area (Å²) >= 11 is 0. The first-order chi connectivity index (χ1) is 12.1. The zero-order valence-electron chi connectivity index (χ0n) is 13.5. The lowest BCUT2D eigenvalue weighted by atomic mass is 10.1. The summed E-state index contributed by atoms with van der Waals surface area (Å²) in [5, 5.41) is -0.253. The van der Waals surface area contributed by atoms with E-state index in [1.165, 1.54) is 25.2 Å². The van der Waals surface area contributed by atoms with Crippen LogP contribution in [-0.4, -0.2) is 9.13 Å². The monoisotopic (exact) mass is 367 g/mol. The summed E-state index contributed by atoms with van der Waals surface area (Å²) in [7, 11) is 1.22. The predicted octanol–water partition coefficient (Wildman–Crippen LogP) is 2.49. The molecule has 2 N–H and O–H groups in total. The molecular formula is C17H13F4N3O2. The third kappa shape index (κ3) is 2.75. The predicted molar refractivity (Wildman–Crippen MR) is 88.4 cm³/mol. The topological polar surface area (TPSA) is 70.0 Å². The SMILES string of the molecule is Cn1c(=O)n(Cc2ccccc2C(F)(F)F)c(=O)c2c(N)ccc(F)c21. The molecule has 0 unspecified atom stereocenters. The molecular weight excluding hydrogens is 354 g/mol. The van der Waals surface area contributed by atoms with Crippen molar-refractivity contribution >= 4 is 16.6 Å². The standard InChI is InChI=1S/C17H13F4N3O2/c1-23-14-11(18)6-7-12(22)13(14)15(25)24(16(23)26)8-9-4-2-3-5-10(9)17(19,20)21/h2-7H,8,22H2,1H3. The van der Waals surface area contributed by atoms with Crippen LogP contribution in [0.4, 0.5) is 23.2 Å². The van der Waals surface area contributed by atoms with E-state index in [9.17, 15) is 27.2 Å². The van der Waals surface area contributed by atoms with Crippen LogP contribution in [0.1, 0.15) is 11.1 Å². The summed E-state index contributed by atoms with van der Waals surface area (Å²) in [4.78, 5) is 25.1. The molecule has 0 aliphatic heterocycles. The lowest BCUT2D eigenvalue weighted by Gasteiger charge is -2.15. The van der Waals surface area contributed by atoms with Gasteiger partial charge < -0.3 is 5.73 Å². The largest absolute Gasteiger partial charge is 0.416 e. The van der Waals surface area contributed by atoms with Gasteiger partial charge in [0.2, 0.25) is 0 Å². The normalized spacial score (nSPS) is 11.9. The van der Waals surface area contributed by atoms with Crippen LogP contribution in [-0.2, 0) is 19.8 Å². The molecule has 3 aromatic rings. The number of aromatic nitrogens is 2. The molecule has 26 heavy (non-hydrogen) atoms. The summed E-state index contributed by atoms with van der Waals surface area (Å²) in [6.07, 6.45) is -4.65. The Hall–Kier alpha value is -3.10. The molecule has 0 amide bonds. The maximum Gasteiger partial charge on any atom is 0.416 e. The zero-order chi connectivity index (χ0) is 19.2. The lowest BCUT2D eigenvalue weighted by molar-refractivity contribution is -0.138. The van der Waals surface area contributed by atoms with Crippen molar-refractivity contribution in [3.05, 3.63) is 74.2 Å². The van der Waals surface area contributed by atoms with Gasteiger partial charge in [-0.05, 0) is 23.8 Å². The zero-order valence-corrected chi connectivity index (χ0v) is 13.5. The summed E-state index contributed by atoms with van der Waals surface area (Å²) < 4.78 is 55.0. The van der Waals surface area contributed by atoms with Crippen molar-refractivity contribution in [3.63, 3.8) is 0 Å². The Bertz CT molecular complexity index is 1130. The number of hydrogen-bond acceptors (Lipinski definition) is 3. The number of nitrogens with two attached hydrogens (primary N) is 1. The second-order valence-electron chi connectivity index (χ2n) is 5.75. The molecule has 9 heteroatoms. The van der Waals surface area contributed by atoms with Gasteiger partial charge in [-0.15, -0.1) is 0 Å². The lowest BCUT2D eigenvalue weighted by Crippen LogP contribution is -2.40. The van der Waals surface area contributed by atoms with Gasteiger partial charge in [-0.3, -0.25) is 13.9 Å². The second kappa shape index (κ2) is 6.01. The number of nitrogens with zero attached hydrogens (tertiary/aromatic N) is 2. The van der Waals surface area contributed by atoms with Gasteiger partial charge in [0.15, 0.2) is 0 Å². The summed E-state index contributed by atoms with van der Waals surface area (Å²) in [5.41, 5.74) is 2.27. The molecule has 3 rings (SSSR count). The molecule has 1 aromatic heterocycles. The molecule has 5 nitrogen and oxygen atoms in total. The van der Waals surface area contributed by atoms with Crippen LogP contribution in [0.5, 0.6) is 0 Å². The van der Waals surface area contributed by atoms with E-state index in [0.717, 1.165) is 22.8 Å². The van der Waals surface area contributed by atoms with Gasteiger partial charge in [0.25, 0.3) is 5.56 Å². The average Bonchev–Trinajstić information content (AvgIpc) is 2.58. The number of aryl methyl sites for hydroxylation is 1. The number of halogens is 4. The molecule has 0 bridgehead atoms. The van der Waals surface area contributed by atoms with Gasteiger partial charge >= 0.3 is 11.9 Å². The molecule has 0 aliphatic carbocycles. The number of alkyl halides is 3.